The quantitative estimate of drug-likeness (QED) is 0.699. The van der Waals surface area contributed by atoms with Gasteiger partial charge in [-0.1, -0.05) is 17.7 Å². The number of pyridine rings is 1. The maximum atomic E-state index is 12.6. The van der Waals surface area contributed by atoms with E-state index in [1.165, 1.54) is 5.56 Å². The predicted octanol–water partition coefficient (Wildman–Crippen LogP) is 3.77. The third-order valence-corrected chi connectivity index (χ3v) is 4.39. The van der Waals surface area contributed by atoms with Crippen LogP contribution in [0.1, 0.15) is 32.9 Å². The molecule has 3 aromatic rings. The maximum Gasteiger partial charge on any atom is 0.178 e. The first kappa shape index (κ1) is 17.1. The van der Waals surface area contributed by atoms with Crippen LogP contribution in [0.15, 0.2) is 54.9 Å². The zero-order valence-corrected chi connectivity index (χ0v) is 14.9. The molecule has 0 atom stereocenters. The van der Waals surface area contributed by atoms with Crippen molar-refractivity contribution >= 4 is 5.78 Å². The molecule has 128 valence electrons. The minimum absolute atomic E-state index is 0.112. The molecule has 3 rings (SSSR count). The molecule has 0 aliphatic heterocycles. The molecule has 2 aromatic heterocycles. The average molecular weight is 333 g/mol. The Morgan fingerprint density at radius 3 is 2.40 bits per heavy atom. The number of aryl methyl sites for hydroxylation is 2. The first-order valence-corrected chi connectivity index (χ1v) is 8.45. The standard InChI is InChI=1S/C21H23N3O/c1-15-4-6-19(7-5-15)24-16(2)12-20(17(24)3)21(25)14-23-13-18-8-10-22-11-9-18/h4-12,23H,13-14H2,1-3H3. The first-order valence-electron chi connectivity index (χ1n) is 8.45. The van der Waals surface area contributed by atoms with E-state index in [2.05, 4.69) is 46.1 Å². The normalized spacial score (nSPS) is 10.8. The van der Waals surface area contributed by atoms with Gasteiger partial charge < -0.3 is 9.88 Å². The van der Waals surface area contributed by atoms with Crippen molar-refractivity contribution in [2.75, 3.05) is 6.54 Å². The van der Waals surface area contributed by atoms with Gasteiger partial charge in [-0.05, 0) is 56.7 Å². The molecule has 0 amide bonds. The smallest absolute Gasteiger partial charge is 0.178 e. The van der Waals surface area contributed by atoms with Crippen LogP contribution < -0.4 is 5.32 Å². The van der Waals surface area contributed by atoms with E-state index in [1.54, 1.807) is 12.4 Å². The molecule has 4 nitrogen and oxygen atoms in total. The van der Waals surface area contributed by atoms with Gasteiger partial charge in [-0.3, -0.25) is 9.78 Å². The van der Waals surface area contributed by atoms with E-state index >= 15 is 0 Å². The highest BCUT2D eigenvalue weighted by Gasteiger charge is 2.16. The fourth-order valence-corrected chi connectivity index (χ4v) is 3.05. The molecule has 0 unspecified atom stereocenters. The second-order valence-corrected chi connectivity index (χ2v) is 6.34. The highest BCUT2D eigenvalue weighted by Crippen LogP contribution is 2.21. The van der Waals surface area contributed by atoms with E-state index in [1.807, 2.05) is 32.0 Å². The van der Waals surface area contributed by atoms with Crippen LogP contribution in [0.25, 0.3) is 5.69 Å². The summed E-state index contributed by atoms with van der Waals surface area (Å²) in [5, 5.41) is 3.22. The van der Waals surface area contributed by atoms with Crippen molar-refractivity contribution in [3.05, 3.63) is 82.9 Å². The summed E-state index contributed by atoms with van der Waals surface area (Å²) in [6, 6.07) is 14.2. The Labute approximate surface area is 148 Å². The lowest BCUT2D eigenvalue weighted by molar-refractivity contribution is 0.0990. The molecule has 25 heavy (non-hydrogen) atoms. The van der Waals surface area contributed by atoms with Crippen LogP contribution in [-0.2, 0) is 6.54 Å². The van der Waals surface area contributed by atoms with Crippen molar-refractivity contribution in [3.63, 3.8) is 0 Å². The van der Waals surface area contributed by atoms with Gasteiger partial charge in [0, 0.05) is 41.6 Å². The summed E-state index contributed by atoms with van der Waals surface area (Å²) >= 11 is 0. The molecule has 0 aliphatic rings. The lowest BCUT2D eigenvalue weighted by Crippen LogP contribution is -2.23. The third kappa shape index (κ3) is 3.86. The van der Waals surface area contributed by atoms with Crippen LogP contribution in [0, 0.1) is 20.8 Å². The molecular formula is C21H23N3O. The van der Waals surface area contributed by atoms with Crippen LogP contribution in [0.2, 0.25) is 0 Å². The van der Waals surface area contributed by atoms with Crippen LogP contribution in [0.5, 0.6) is 0 Å². The van der Waals surface area contributed by atoms with Gasteiger partial charge in [0.15, 0.2) is 5.78 Å². The van der Waals surface area contributed by atoms with Crippen LogP contribution in [-0.4, -0.2) is 21.9 Å². The summed E-state index contributed by atoms with van der Waals surface area (Å²) in [7, 11) is 0. The number of carbonyl (C=O) groups is 1. The minimum Gasteiger partial charge on any atom is -0.318 e. The summed E-state index contributed by atoms with van der Waals surface area (Å²) in [4.78, 5) is 16.6. The molecule has 0 spiro atoms. The van der Waals surface area contributed by atoms with E-state index in [4.69, 9.17) is 0 Å². The van der Waals surface area contributed by atoms with E-state index in [-0.39, 0.29) is 5.78 Å². The fraction of sp³-hybridized carbons (Fsp3) is 0.238. The van der Waals surface area contributed by atoms with Gasteiger partial charge in [0.1, 0.15) is 0 Å². The number of Topliss-reactive ketones (excluding diaryl/α,β-unsaturated/α-hetero) is 1. The Kier molecular flexibility index (Phi) is 5.10. The topological polar surface area (TPSA) is 46.9 Å². The van der Waals surface area contributed by atoms with E-state index in [9.17, 15) is 4.79 Å². The summed E-state index contributed by atoms with van der Waals surface area (Å²) in [6.07, 6.45) is 3.52. The third-order valence-electron chi connectivity index (χ3n) is 4.39. The molecule has 0 bridgehead atoms. The van der Waals surface area contributed by atoms with Gasteiger partial charge in [-0.25, -0.2) is 0 Å². The predicted molar refractivity (Wildman–Crippen MR) is 100 cm³/mol. The highest BCUT2D eigenvalue weighted by atomic mass is 16.1. The number of rotatable bonds is 6. The molecule has 0 fully saturated rings. The molecule has 0 saturated heterocycles. The Morgan fingerprint density at radius 1 is 1.04 bits per heavy atom. The number of hydrogen-bond acceptors (Lipinski definition) is 3. The number of nitrogens with one attached hydrogen (secondary N) is 1. The van der Waals surface area contributed by atoms with Crippen LogP contribution in [0.4, 0.5) is 0 Å². The van der Waals surface area contributed by atoms with Crippen LogP contribution >= 0.6 is 0 Å². The van der Waals surface area contributed by atoms with Gasteiger partial charge in [0.05, 0.1) is 6.54 Å². The van der Waals surface area contributed by atoms with E-state index in [0.29, 0.717) is 13.1 Å². The highest BCUT2D eigenvalue weighted by molar-refractivity contribution is 5.99. The number of benzene rings is 1. The molecule has 2 heterocycles. The largest absolute Gasteiger partial charge is 0.318 e. The lowest BCUT2D eigenvalue weighted by Gasteiger charge is -2.10. The fourth-order valence-electron chi connectivity index (χ4n) is 3.05. The molecule has 0 aliphatic carbocycles. The molecule has 1 aromatic carbocycles. The van der Waals surface area contributed by atoms with Gasteiger partial charge in [-0.2, -0.15) is 0 Å². The number of nitrogens with zero attached hydrogens (tertiary/aromatic N) is 2. The van der Waals surface area contributed by atoms with Crippen molar-refractivity contribution in [3.8, 4) is 5.69 Å². The molecule has 0 saturated carbocycles. The Morgan fingerprint density at radius 2 is 1.72 bits per heavy atom. The second kappa shape index (κ2) is 7.45. The van der Waals surface area contributed by atoms with Gasteiger partial charge in [0.25, 0.3) is 0 Å². The number of carbonyl (C=O) groups excluding carboxylic acids is 1. The van der Waals surface area contributed by atoms with Crippen molar-refractivity contribution in [2.24, 2.45) is 0 Å². The molecule has 4 heteroatoms. The van der Waals surface area contributed by atoms with Gasteiger partial charge >= 0.3 is 0 Å². The lowest BCUT2D eigenvalue weighted by atomic mass is 10.1. The average Bonchev–Trinajstić information content (AvgIpc) is 2.91. The Balaban J connectivity index is 1.73. The number of aromatic nitrogens is 2. The molecule has 1 N–H and O–H groups in total. The summed E-state index contributed by atoms with van der Waals surface area (Å²) < 4.78 is 2.13. The number of hydrogen-bond donors (Lipinski definition) is 1. The van der Waals surface area contributed by atoms with Crippen molar-refractivity contribution < 1.29 is 4.79 Å². The summed E-state index contributed by atoms with van der Waals surface area (Å²) in [5.74, 6) is 0.112. The van der Waals surface area contributed by atoms with Crippen molar-refractivity contribution in [2.45, 2.75) is 27.3 Å². The van der Waals surface area contributed by atoms with Crippen molar-refractivity contribution in [1.82, 2.24) is 14.9 Å². The first-order chi connectivity index (χ1) is 12.1. The SMILES string of the molecule is Cc1ccc(-n2c(C)cc(C(=O)CNCc3ccncc3)c2C)cc1. The zero-order valence-electron chi connectivity index (χ0n) is 14.9. The maximum absolute atomic E-state index is 12.6. The monoisotopic (exact) mass is 333 g/mol. The van der Waals surface area contributed by atoms with Crippen LogP contribution in [0.3, 0.4) is 0 Å². The van der Waals surface area contributed by atoms with E-state index in [0.717, 1.165) is 28.2 Å². The van der Waals surface area contributed by atoms with E-state index < -0.39 is 0 Å². The molecule has 0 radical (unpaired) electrons. The van der Waals surface area contributed by atoms with Gasteiger partial charge in [-0.15, -0.1) is 0 Å². The van der Waals surface area contributed by atoms with Crippen molar-refractivity contribution in [1.29, 1.82) is 0 Å². The Bertz CT molecular complexity index is 864. The summed E-state index contributed by atoms with van der Waals surface area (Å²) in [5.41, 5.74) is 6.26. The zero-order chi connectivity index (χ0) is 17.8. The number of ketones is 1. The minimum atomic E-state index is 0.112. The molecular weight excluding hydrogens is 310 g/mol. The summed E-state index contributed by atoms with van der Waals surface area (Å²) in [6.45, 7) is 7.09. The Hall–Kier alpha value is -2.72. The van der Waals surface area contributed by atoms with Gasteiger partial charge in [0.2, 0.25) is 0 Å². The second-order valence-electron chi connectivity index (χ2n) is 6.34.